The van der Waals surface area contributed by atoms with E-state index < -0.39 is 0 Å². The van der Waals surface area contributed by atoms with E-state index in [-0.39, 0.29) is 18.7 Å². The lowest BCUT2D eigenvalue weighted by molar-refractivity contribution is 0.0734. The summed E-state index contributed by atoms with van der Waals surface area (Å²) in [7, 11) is 0. The molecule has 0 aromatic heterocycles. The molecule has 3 nitrogen and oxygen atoms in total. The average Bonchev–Trinajstić information content (AvgIpc) is 3.00. The Morgan fingerprint density at radius 1 is 1.40 bits per heavy atom. The minimum absolute atomic E-state index is 0.150. The van der Waals surface area contributed by atoms with E-state index in [0.29, 0.717) is 12.0 Å². The van der Waals surface area contributed by atoms with E-state index in [1.807, 2.05) is 0 Å². The summed E-state index contributed by atoms with van der Waals surface area (Å²) >= 11 is 0. The van der Waals surface area contributed by atoms with Crippen molar-refractivity contribution in [2.75, 3.05) is 13.2 Å². The highest BCUT2D eigenvalue weighted by Gasteiger charge is 2.36. The van der Waals surface area contributed by atoms with Gasteiger partial charge in [0.25, 0.3) is 0 Å². The number of nitrogens with zero attached hydrogens (tertiary/aromatic N) is 1. The van der Waals surface area contributed by atoms with Crippen LogP contribution in [0.1, 0.15) is 40.0 Å². The first-order valence-electron chi connectivity index (χ1n) is 6.24. The summed E-state index contributed by atoms with van der Waals surface area (Å²) in [5.74, 6) is 0.653. The lowest BCUT2D eigenvalue weighted by Crippen LogP contribution is -2.53. The Morgan fingerprint density at radius 2 is 2.00 bits per heavy atom. The minimum Gasteiger partial charge on any atom is -0.395 e. The van der Waals surface area contributed by atoms with E-state index in [1.54, 1.807) is 0 Å². The molecule has 2 atom stereocenters. The van der Waals surface area contributed by atoms with Gasteiger partial charge in [-0.25, -0.2) is 0 Å². The number of aliphatic hydroxyl groups excluding tert-OH is 1. The van der Waals surface area contributed by atoms with Gasteiger partial charge in [0.1, 0.15) is 0 Å². The third-order valence-corrected chi connectivity index (χ3v) is 3.37. The summed E-state index contributed by atoms with van der Waals surface area (Å²) in [6.07, 6.45) is 3.61. The molecule has 0 saturated heterocycles. The Hall–Kier alpha value is -0.120. The molecule has 0 heterocycles. The van der Waals surface area contributed by atoms with Gasteiger partial charge in [0, 0.05) is 18.1 Å². The summed E-state index contributed by atoms with van der Waals surface area (Å²) in [4.78, 5) is 2.35. The zero-order valence-corrected chi connectivity index (χ0v) is 10.3. The van der Waals surface area contributed by atoms with Crippen LogP contribution in [0, 0.1) is 5.92 Å². The highest BCUT2D eigenvalue weighted by molar-refractivity contribution is 4.93. The zero-order valence-electron chi connectivity index (χ0n) is 10.3. The van der Waals surface area contributed by atoms with Gasteiger partial charge in [-0.2, -0.15) is 0 Å². The minimum atomic E-state index is 0.150. The smallest absolute Gasteiger partial charge is 0.0602 e. The van der Waals surface area contributed by atoms with Gasteiger partial charge >= 0.3 is 0 Å². The molecular weight excluding hydrogens is 188 g/mol. The van der Waals surface area contributed by atoms with Gasteiger partial charge in [0.05, 0.1) is 6.61 Å². The van der Waals surface area contributed by atoms with Crippen LogP contribution >= 0.6 is 0 Å². The van der Waals surface area contributed by atoms with Crippen LogP contribution in [0.4, 0.5) is 0 Å². The normalized spacial score (nSPS) is 21.0. The molecular formula is C12H26N2O. The van der Waals surface area contributed by atoms with Crippen LogP contribution in [0.25, 0.3) is 0 Å². The second-order valence-electron chi connectivity index (χ2n) is 5.00. The number of rotatable bonds is 7. The first kappa shape index (κ1) is 12.9. The van der Waals surface area contributed by atoms with E-state index >= 15 is 0 Å². The van der Waals surface area contributed by atoms with Gasteiger partial charge in [-0.3, -0.25) is 4.90 Å². The molecule has 1 saturated carbocycles. The maximum absolute atomic E-state index is 9.50. The van der Waals surface area contributed by atoms with Crippen LogP contribution < -0.4 is 5.73 Å². The van der Waals surface area contributed by atoms with Crippen molar-refractivity contribution in [1.29, 1.82) is 0 Å². The molecule has 1 aliphatic carbocycles. The quantitative estimate of drug-likeness (QED) is 0.669. The highest BCUT2D eigenvalue weighted by Crippen LogP contribution is 2.34. The van der Waals surface area contributed by atoms with Crippen molar-refractivity contribution in [3.63, 3.8) is 0 Å². The number of hydrogen-bond donors (Lipinski definition) is 2. The van der Waals surface area contributed by atoms with E-state index in [9.17, 15) is 5.11 Å². The summed E-state index contributed by atoms with van der Waals surface area (Å²) < 4.78 is 0. The lowest BCUT2D eigenvalue weighted by Gasteiger charge is -2.37. The Balaban J connectivity index is 2.58. The molecule has 1 fully saturated rings. The van der Waals surface area contributed by atoms with Crippen LogP contribution in [0.2, 0.25) is 0 Å². The van der Waals surface area contributed by atoms with Gasteiger partial charge in [0.15, 0.2) is 0 Å². The predicted molar refractivity (Wildman–Crippen MR) is 63.7 cm³/mol. The van der Waals surface area contributed by atoms with E-state index in [0.717, 1.165) is 13.0 Å². The molecule has 3 N–H and O–H groups in total. The fourth-order valence-electron chi connectivity index (χ4n) is 2.31. The molecule has 0 aromatic carbocycles. The topological polar surface area (TPSA) is 49.5 Å². The van der Waals surface area contributed by atoms with E-state index in [4.69, 9.17) is 5.73 Å². The first-order chi connectivity index (χ1) is 7.11. The summed E-state index contributed by atoms with van der Waals surface area (Å²) in [5.41, 5.74) is 6.20. The van der Waals surface area contributed by atoms with E-state index in [2.05, 4.69) is 25.7 Å². The SMILES string of the molecule is CCCN(C(C)C)C(CO)C(N)C1CC1. The molecule has 0 aliphatic heterocycles. The molecule has 0 amide bonds. The highest BCUT2D eigenvalue weighted by atomic mass is 16.3. The third kappa shape index (κ3) is 3.44. The first-order valence-corrected chi connectivity index (χ1v) is 6.24. The van der Waals surface area contributed by atoms with Crippen LogP contribution in [-0.2, 0) is 0 Å². The van der Waals surface area contributed by atoms with Crippen molar-refractivity contribution in [3.8, 4) is 0 Å². The van der Waals surface area contributed by atoms with Crippen LogP contribution in [0.15, 0.2) is 0 Å². The van der Waals surface area contributed by atoms with Crippen molar-refractivity contribution in [1.82, 2.24) is 4.90 Å². The Labute approximate surface area is 93.6 Å². The Kier molecular flexibility index (Phi) is 5.03. The van der Waals surface area contributed by atoms with Crippen molar-refractivity contribution in [2.24, 2.45) is 11.7 Å². The largest absolute Gasteiger partial charge is 0.395 e. The maximum atomic E-state index is 9.50. The van der Waals surface area contributed by atoms with Crippen molar-refractivity contribution < 1.29 is 5.11 Å². The van der Waals surface area contributed by atoms with Crippen molar-refractivity contribution >= 4 is 0 Å². The van der Waals surface area contributed by atoms with Crippen molar-refractivity contribution in [2.45, 2.75) is 58.2 Å². The van der Waals surface area contributed by atoms with Gasteiger partial charge < -0.3 is 10.8 Å². The number of nitrogens with two attached hydrogens (primary N) is 1. The number of aliphatic hydroxyl groups is 1. The maximum Gasteiger partial charge on any atom is 0.0602 e. The molecule has 2 unspecified atom stereocenters. The second-order valence-corrected chi connectivity index (χ2v) is 5.00. The molecule has 1 aliphatic rings. The third-order valence-electron chi connectivity index (χ3n) is 3.37. The van der Waals surface area contributed by atoms with Gasteiger partial charge in [-0.15, -0.1) is 0 Å². The molecule has 90 valence electrons. The molecule has 0 aromatic rings. The summed E-state index contributed by atoms with van der Waals surface area (Å²) in [5, 5.41) is 9.50. The van der Waals surface area contributed by atoms with Gasteiger partial charge in [-0.05, 0) is 45.6 Å². The molecule has 0 bridgehead atoms. The van der Waals surface area contributed by atoms with Gasteiger partial charge in [0.2, 0.25) is 0 Å². The molecule has 0 radical (unpaired) electrons. The fourth-order valence-corrected chi connectivity index (χ4v) is 2.31. The average molecular weight is 214 g/mol. The Morgan fingerprint density at radius 3 is 2.33 bits per heavy atom. The lowest BCUT2D eigenvalue weighted by atomic mass is 10.0. The predicted octanol–water partition coefficient (Wildman–Crippen LogP) is 1.21. The zero-order chi connectivity index (χ0) is 11.4. The van der Waals surface area contributed by atoms with Crippen molar-refractivity contribution in [3.05, 3.63) is 0 Å². The van der Waals surface area contributed by atoms with Crippen LogP contribution in [-0.4, -0.2) is 41.3 Å². The molecule has 15 heavy (non-hydrogen) atoms. The monoisotopic (exact) mass is 214 g/mol. The summed E-state index contributed by atoms with van der Waals surface area (Å²) in [6, 6.07) is 0.772. The molecule has 0 spiro atoms. The summed E-state index contributed by atoms with van der Waals surface area (Å²) in [6.45, 7) is 7.75. The van der Waals surface area contributed by atoms with Gasteiger partial charge in [-0.1, -0.05) is 6.92 Å². The Bertz CT molecular complexity index is 180. The standard InChI is InChI=1S/C12H26N2O/c1-4-7-14(9(2)3)11(8-15)12(13)10-5-6-10/h9-12,15H,4-8,13H2,1-3H3. The molecule has 3 heteroatoms. The van der Waals surface area contributed by atoms with Crippen LogP contribution in [0.5, 0.6) is 0 Å². The number of hydrogen-bond acceptors (Lipinski definition) is 3. The van der Waals surface area contributed by atoms with Crippen LogP contribution in [0.3, 0.4) is 0 Å². The second kappa shape index (κ2) is 5.83. The fraction of sp³-hybridized carbons (Fsp3) is 1.00. The molecule has 1 rings (SSSR count). The van der Waals surface area contributed by atoms with E-state index in [1.165, 1.54) is 12.8 Å².